The third-order valence-electron chi connectivity index (χ3n) is 4.93. The summed E-state index contributed by atoms with van der Waals surface area (Å²) in [6.45, 7) is 10.0. The predicted octanol–water partition coefficient (Wildman–Crippen LogP) is 3.68. The summed E-state index contributed by atoms with van der Waals surface area (Å²) in [7, 11) is 0. The largest absolute Gasteiger partial charge is 0.304 e. The number of nitrogens with zero attached hydrogens (tertiary/aromatic N) is 2. The number of thioether (sulfide) groups is 1. The Labute approximate surface area is 137 Å². The first-order valence-electron chi connectivity index (χ1n) is 8.07. The number of rotatable bonds is 3. The number of carbonyl (C=O) groups excluding carboxylic acids is 1. The maximum Gasteiger partial charge on any atom is 0.242 e. The number of hydrogen-bond donors (Lipinski definition) is 1. The summed E-state index contributed by atoms with van der Waals surface area (Å²) in [4.78, 5) is 27.8. The number of carbonyl (C=O) groups is 1. The summed E-state index contributed by atoms with van der Waals surface area (Å²) in [5, 5.41) is 6.88. The molecule has 0 aromatic rings. The number of hydrogen-bond acceptors (Lipinski definition) is 5. The lowest BCUT2D eigenvalue weighted by atomic mass is 9.85. The summed E-state index contributed by atoms with van der Waals surface area (Å²) in [5.41, 5.74) is -0.648. The van der Waals surface area contributed by atoms with Crippen molar-refractivity contribution in [2.24, 2.45) is 16.1 Å². The van der Waals surface area contributed by atoms with Crippen molar-refractivity contribution in [1.82, 2.24) is 5.32 Å². The van der Waals surface area contributed by atoms with Crippen molar-refractivity contribution in [3.63, 3.8) is 0 Å². The van der Waals surface area contributed by atoms with E-state index in [1.807, 2.05) is 6.92 Å². The van der Waals surface area contributed by atoms with Gasteiger partial charge in [0, 0.05) is 12.8 Å². The van der Waals surface area contributed by atoms with Crippen molar-refractivity contribution in [2.45, 2.75) is 75.6 Å². The maximum atomic E-state index is 12.2. The number of nitrogens with one attached hydrogen (secondary N) is 1. The Kier molecular flexibility index (Phi) is 5.20. The lowest BCUT2D eigenvalue weighted by Gasteiger charge is -2.23. The SMILES string of the molecule is [CH2+]C1(N=O)CCCC(N=C2NC(=O)C(C)(C(C)C)S2)CCC1. The highest BCUT2D eigenvalue weighted by Gasteiger charge is 2.45. The number of amides is 1. The molecule has 1 saturated carbocycles. The normalized spacial score (nSPS) is 38.6. The number of aliphatic imine (C=N–C) groups is 1. The fraction of sp³-hybridized carbons (Fsp3) is 0.812. The van der Waals surface area contributed by atoms with Gasteiger partial charge in [-0.05, 0) is 43.7 Å². The van der Waals surface area contributed by atoms with E-state index in [0.29, 0.717) is 0 Å². The zero-order valence-electron chi connectivity index (χ0n) is 13.7. The van der Waals surface area contributed by atoms with Crippen LogP contribution in [0.2, 0.25) is 0 Å². The lowest BCUT2D eigenvalue weighted by Crippen LogP contribution is -2.38. The lowest BCUT2D eigenvalue weighted by molar-refractivity contribution is -0.122. The summed E-state index contributed by atoms with van der Waals surface area (Å²) in [6.07, 6.45) is 5.09. The van der Waals surface area contributed by atoms with Crippen molar-refractivity contribution in [3.8, 4) is 0 Å². The van der Waals surface area contributed by atoms with Crippen LogP contribution in [0.5, 0.6) is 0 Å². The van der Waals surface area contributed by atoms with Crippen molar-refractivity contribution < 1.29 is 4.79 Å². The van der Waals surface area contributed by atoms with Gasteiger partial charge in [-0.2, -0.15) is 0 Å². The summed E-state index contributed by atoms with van der Waals surface area (Å²) < 4.78 is -0.426. The minimum Gasteiger partial charge on any atom is -0.304 e. The van der Waals surface area contributed by atoms with Gasteiger partial charge < -0.3 is 5.32 Å². The molecule has 0 spiro atoms. The van der Waals surface area contributed by atoms with Crippen LogP contribution in [-0.2, 0) is 4.79 Å². The van der Waals surface area contributed by atoms with E-state index in [1.54, 1.807) is 11.8 Å². The summed E-state index contributed by atoms with van der Waals surface area (Å²) >= 11 is 1.55. The molecule has 1 N–H and O–H groups in total. The Morgan fingerprint density at radius 3 is 2.36 bits per heavy atom. The average Bonchev–Trinajstić information content (AvgIpc) is 2.72. The third-order valence-corrected chi connectivity index (χ3v) is 6.42. The van der Waals surface area contributed by atoms with Gasteiger partial charge in [-0.15, -0.1) is 4.91 Å². The zero-order valence-corrected chi connectivity index (χ0v) is 14.5. The highest BCUT2D eigenvalue weighted by Crippen LogP contribution is 2.38. The first kappa shape index (κ1) is 17.3. The Bertz CT molecular complexity index is 468. The Morgan fingerprint density at radius 1 is 1.32 bits per heavy atom. The smallest absolute Gasteiger partial charge is 0.242 e. The molecule has 2 fully saturated rings. The topological polar surface area (TPSA) is 70.9 Å². The summed E-state index contributed by atoms with van der Waals surface area (Å²) in [5.74, 6) is 0.312. The molecule has 1 atom stereocenters. The second-order valence-corrected chi connectivity index (χ2v) is 8.44. The molecule has 0 aromatic carbocycles. The van der Waals surface area contributed by atoms with Crippen LogP contribution in [0, 0.1) is 17.7 Å². The highest BCUT2D eigenvalue weighted by atomic mass is 32.2. The second-order valence-electron chi connectivity index (χ2n) is 7.01. The highest BCUT2D eigenvalue weighted by molar-refractivity contribution is 8.16. The van der Waals surface area contributed by atoms with Gasteiger partial charge >= 0.3 is 0 Å². The van der Waals surface area contributed by atoms with Crippen molar-refractivity contribution >= 4 is 22.8 Å². The molecular formula is C16H26N3O2S+. The molecule has 1 saturated heterocycles. The molecule has 1 aliphatic heterocycles. The molecule has 2 aliphatic rings. The average molecular weight is 324 g/mol. The molecule has 5 nitrogen and oxygen atoms in total. The van der Waals surface area contributed by atoms with Gasteiger partial charge in [0.25, 0.3) is 0 Å². The Balaban J connectivity index is 1.99. The molecule has 0 radical (unpaired) electrons. The minimum atomic E-state index is -0.648. The first-order valence-corrected chi connectivity index (χ1v) is 8.89. The number of amidine groups is 1. The van der Waals surface area contributed by atoms with Gasteiger partial charge in [0.1, 0.15) is 4.75 Å². The molecule has 1 amide bonds. The van der Waals surface area contributed by atoms with Gasteiger partial charge in [-0.25, -0.2) is 0 Å². The van der Waals surface area contributed by atoms with E-state index in [1.165, 1.54) is 0 Å². The molecule has 1 unspecified atom stereocenters. The Hall–Kier alpha value is -1.04. The van der Waals surface area contributed by atoms with Crippen LogP contribution in [0.25, 0.3) is 0 Å². The minimum absolute atomic E-state index is 0.0547. The Morgan fingerprint density at radius 2 is 1.91 bits per heavy atom. The van der Waals surface area contributed by atoms with Crippen LogP contribution in [0.4, 0.5) is 0 Å². The van der Waals surface area contributed by atoms with Crippen LogP contribution in [0.1, 0.15) is 59.3 Å². The third kappa shape index (κ3) is 3.65. The van der Waals surface area contributed by atoms with Crippen molar-refractivity contribution in [2.75, 3.05) is 0 Å². The molecule has 6 heteroatoms. The van der Waals surface area contributed by atoms with E-state index >= 15 is 0 Å². The fourth-order valence-corrected chi connectivity index (χ4v) is 4.05. The molecule has 2 rings (SSSR count). The summed E-state index contributed by atoms with van der Waals surface area (Å²) in [6, 6.07) is 0.216. The van der Waals surface area contributed by atoms with E-state index in [-0.39, 0.29) is 17.9 Å². The van der Waals surface area contributed by atoms with Gasteiger partial charge in [0.05, 0.1) is 13.0 Å². The van der Waals surface area contributed by atoms with Crippen LogP contribution >= 0.6 is 11.8 Å². The monoisotopic (exact) mass is 324 g/mol. The van der Waals surface area contributed by atoms with Crippen LogP contribution in [0.3, 0.4) is 0 Å². The standard InChI is InChI=1S/C16H25N3O2S/c1-11(2)16(4)13(20)18-14(22-16)17-12-7-5-9-15(3,19-21)10-6-8-12/h11-12H,3,5-10H2,1-2,4H3/p+1. The van der Waals surface area contributed by atoms with Gasteiger partial charge in [0.15, 0.2) is 5.17 Å². The molecular weight excluding hydrogens is 298 g/mol. The van der Waals surface area contributed by atoms with Crippen LogP contribution in [0.15, 0.2) is 10.2 Å². The quantitative estimate of drug-likeness (QED) is 0.636. The zero-order chi connectivity index (χ0) is 16.4. The molecule has 0 aromatic heterocycles. The van der Waals surface area contributed by atoms with E-state index in [9.17, 15) is 9.70 Å². The molecule has 1 heterocycles. The van der Waals surface area contributed by atoms with Gasteiger partial charge in [-0.1, -0.05) is 25.6 Å². The molecule has 122 valence electrons. The predicted molar refractivity (Wildman–Crippen MR) is 91.8 cm³/mol. The fourth-order valence-electron chi connectivity index (χ4n) is 2.92. The molecule has 22 heavy (non-hydrogen) atoms. The first-order chi connectivity index (χ1) is 10.3. The van der Waals surface area contributed by atoms with Gasteiger partial charge in [0.2, 0.25) is 11.4 Å². The van der Waals surface area contributed by atoms with Crippen LogP contribution < -0.4 is 5.32 Å². The van der Waals surface area contributed by atoms with E-state index < -0.39 is 10.3 Å². The number of nitroso groups, excluding NO2 is 1. The van der Waals surface area contributed by atoms with Gasteiger partial charge in [-0.3, -0.25) is 9.79 Å². The van der Waals surface area contributed by atoms with E-state index in [0.717, 1.165) is 43.7 Å². The molecule has 0 bridgehead atoms. The van der Waals surface area contributed by atoms with E-state index in [2.05, 4.69) is 31.3 Å². The van der Waals surface area contributed by atoms with E-state index in [4.69, 9.17) is 4.99 Å². The van der Waals surface area contributed by atoms with Crippen molar-refractivity contribution in [3.05, 3.63) is 11.8 Å². The second kappa shape index (κ2) is 6.60. The van der Waals surface area contributed by atoms with Crippen LogP contribution in [-0.4, -0.2) is 27.4 Å². The van der Waals surface area contributed by atoms with Crippen molar-refractivity contribution in [1.29, 1.82) is 0 Å². The maximum absolute atomic E-state index is 12.2. The molecule has 1 aliphatic carbocycles.